The van der Waals surface area contributed by atoms with Gasteiger partial charge < -0.3 is 0 Å². The minimum Gasteiger partial charge on any atom is -0.256 e. The zero-order valence-corrected chi connectivity index (χ0v) is 15.9. The fourth-order valence-corrected chi connectivity index (χ4v) is 4.65. The Morgan fingerprint density at radius 2 is 1.57 bits per heavy atom. The number of benzene rings is 3. The Hall–Kier alpha value is -2.83. The Morgan fingerprint density at radius 3 is 2.29 bits per heavy atom. The summed E-state index contributed by atoms with van der Waals surface area (Å²) in [6.45, 7) is 0.868. The van der Waals surface area contributed by atoms with Crippen LogP contribution in [0.5, 0.6) is 0 Å². The Bertz CT molecular complexity index is 1110. The Kier molecular flexibility index (Phi) is 5.07. The van der Waals surface area contributed by atoms with E-state index in [-0.39, 0.29) is 10.7 Å². The molecule has 0 aliphatic carbocycles. The van der Waals surface area contributed by atoms with Crippen molar-refractivity contribution in [3.8, 4) is 0 Å². The SMILES string of the molecule is O=S(=O)(c1ccc(N=Cc2ccc(F)cc2)cc1)N1CCc2ccccc2C1. The van der Waals surface area contributed by atoms with Crippen molar-refractivity contribution >= 4 is 21.9 Å². The standard InChI is InChI=1S/C22H19FN2O2S/c23-20-7-5-17(6-8-20)15-24-21-9-11-22(12-10-21)28(26,27)25-14-13-18-3-1-2-4-19(18)16-25/h1-12,15H,13-14,16H2. The third-order valence-corrected chi connectivity index (χ3v) is 6.66. The van der Waals surface area contributed by atoms with Gasteiger partial charge in [-0.25, -0.2) is 12.8 Å². The molecule has 28 heavy (non-hydrogen) atoms. The summed E-state index contributed by atoms with van der Waals surface area (Å²) in [5, 5.41) is 0. The van der Waals surface area contributed by atoms with Crippen molar-refractivity contribution in [1.82, 2.24) is 4.31 Å². The number of hydrogen-bond donors (Lipinski definition) is 0. The Morgan fingerprint density at radius 1 is 0.893 bits per heavy atom. The van der Waals surface area contributed by atoms with Crippen LogP contribution >= 0.6 is 0 Å². The molecule has 1 aliphatic rings. The van der Waals surface area contributed by atoms with Crippen molar-refractivity contribution in [2.45, 2.75) is 17.9 Å². The molecule has 1 heterocycles. The van der Waals surface area contributed by atoms with Crippen molar-refractivity contribution in [1.29, 1.82) is 0 Å². The molecule has 0 fully saturated rings. The number of rotatable bonds is 4. The van der Waals surface area contributed by atoms with Crippen LogP contribution in [0.3, 0.4) is 0 Å². The summed E-state index contributed by atoms with van der Waals surface area (Å²) in [4.78, 5) is 4.57. The van der Waals surface area contributed by atoms with E-state index in [0.29, 0.717) is 18.8 Å². The smallest absolute Gasteiger partial charge is 0.243 e. The van der Waals surface area contributed by atoms with Crippen LogP contribution in [0.2, 0.25) is 0 Å². The summed E-state index contributed by atoms with van der Waals surface area (Å²) < 4.78 is 40.4. The normalized spacial score (nSPS) is 14.9. The number of aliphatic imine (C=N–C) groups is 1. The highest BCUT2D eigenvalue weighted by atomic mass is 32.2. The molecule has 0 atom stereocenters. The van der Waals surface area contributed by atoms with Gasteiger partial charge in [-0.2, -0.15) is 4.31 Å². The average molecular weight is 394 g/mol. The molecule has 0 saturated heterocycles. The van der Waals surface area contributed by atoms with E-state index in [1.54, 1.807) is 42.6 Å². The van der Waals surface area contributed by atoms with Gasteiger partial charge in [-0.3, -0.25) is 4.99 Å². The summed E-state index contributed by atoms with van der Waals surface area (Å²) in [7, 11) is -3.55. The van der Waals surface area contributed by atoms with Crippen LogP contribution < -0.4 is 0 Å². The molecule has 142 valence electrons. The summed E-state index contributed by atoms with van der Waals surface area (Å²) in [6.07, 6.45) is 2.33. The van der Waals surface area contributed by atoms with Crippen molar-refractivity contribution in [3.05, 3.63) is 95.3 Å². The first-order chi connectivity index (χ1) is 13.5. The van der Waals surface area contributed by atoms with Gasteiger partial charge >= 0.3 is 0 Å². The first kappa shape index (κ1) is 18.5. The van der Waals surface area contributed by atoms with Crippen LogP contribution in [0.4, 0.5) is 10.1 Å². The number of sulfonamides is 1. The van der Waals surface area contributed by atoms with Crippen molar-refractivity contribution in [2.24, 2.45) is 4.99 Å². The first-order valence-electron chi connectivity index (χ1n) is 8.99. The van der Waals surface area contributed by atoms with E-state index in [0.717, 1.165) is 17.5 Å². The molecule has 4 rings (SSSR count). The molecular formula is C22H19FN2O2S. The molecule has 0 bridgehead atoms. The van der Waals surface area contributed by atoms with Crippen LogP contribution in [-0.4, -0.2) is 25.5 Å². The highest BCUT2D eigenvalue weighted by Gasteiger charge is 2.27. The molecule has 3 aromatic carbocycles. The first-order valence-corrected chi connectivity index (χ1v) is 10.4. The van der Waals surface area contributed by atoms with E-state index in [2.05, 4.69) is 4.99 Å². The minimum atomic E-state index is -3.55. The lowest BCUT2D eigenvalue weighted by atomic mass is 10.0. The molecule has 0 N–H and O–H groups in total. The highest BCUT2D eigenvalue weighted by molar-refractivity contribution is 7.89. The number of fused-ring (bicyclic) bond motifs is 1. The summed E-state index contributed by atoms with van der Waals surface area (Å²) in [6, 6.07) is 20.4. The van der Waals surface area contributed by atoms with Gasteiger partial charge in [0.1, 0.15) is 5.82 Å². The van der Waals surface area contributed by atoms with Gasteiger partial charge in [0.2, 0.25) is 10.0 Å². The molecule has 6 heteroatoms. The molecule has 0 amide bonds. The topological polar surface area (TPSA) is 49.7 Å². The lowest BCUT2D eigenvalue weighted by Crippen LogP contribution is -2.35. The van der Waals surface area contributed by atoms with Crippen LogP contribution in [0.1, 0.15) is 16.7 Å². The summed E-state index contributed by atoms with van der Waals surface area (Å²) in [5.41, 5.74) is 3.66. The molecule has 0 aromatic heterocycles. The van der Waals surface area contributed by atoms with Crippen LogP contribution in [-0.2, 0) is 23.0 Å². The zero-order valence-electron chi connectivity index (χ0n) is 15.1. The van der Waals surface area contributed by atoms with E-state index in [1.807, 2.05) is 24.3 Å². The number of hydrogen-bond acceptors (Lipinski definition) is 3. The van der Waals surface area contributed by atoms with E-state index in [4.69, 9.17) is 0 Å². The Balaban J connectivity index is 1.51. The minimum absolute atomic E-state index is 0.257. The van der Waals surface area contributed by atoms with Gasteiger partial charge in [0.25, 0.3) is 0 Å². The second-order valence-electron chi connectivity index (χ2n) is 6.66. The zero-order chi connectivity index (χ0) is 19.6. The number of halogens is 1. The second kappa shape index (κ2) is 7.66. The van der Waals surface area contributed by atoms with Gasteiger partial charge in [-0.05, 0) is 59.5 Å². The van der Waals surface area contributed by atoms with Crippen LogP contribution in [0.15, 0.2) is 82.7 Å². The van der Waals surface area contributed by atoms with Gasteiger partial charge in [-0.15, -0.1) is 0 Å². The fraction of sp³-hybridized carbons (Fsp3) is 0.136. The van der Waals surface area contributed by atoms with Gasteiger partial charge in [0.05, 0.1) is 10.6 Å². The van der Waals surface area contributed by atoms with E-state index >= 15 is 0 Å². The monoisotopic (exact) mass is 394 g/mol. The quantitative estimate of drug-likeness (QED) is 0.619. The lowest BCUT2D eigenvalue weighted by molar-refractivity contribution is 0.391. The third kappa shape index (κ3) is 3.88. The molecule has 3 aromatic rings. The highest BCUT2D eigenvalue weighted by Crippen LogP contribution is 2.26. The van der Waals surface area contributed by atoms with Gasteiger partial charge in [-0.1, -0.05) is 36.4 Å². The second-order valence-corrected chi connectivity index (χ2v) is 8.60. The molecule has 1 aliphatic heterocycles. The molecule has 0 unspecified atom stereocenters. The van der Waals surface area contributed by atoms with Crippen molar-refractivity contribution in [3.63, 3.8) is 0 Å². The van der Waals surface area contributed by atoms with Crippen molar-refractivity contribution in [2.75, 3.05) is 6.54 Å². The summed E-state index contributed by atoms with van der Waals surface area (Å²) >= 11 is 0. The third-order valence-electron chi connectivity index (χ3n) is 4.80. The van der Waals surface area contributed by atoms with Crippen molar-refractivity contribution < 1.29 is 12.8 Å². The maximum atomic E-state index is 13.0. The van der Waals surface area contributed by atoms with Crippen LogP contribution in [0.25, 0.3) is 0 Å². The van der Waals surface area contributed by atoms with E-state index < -0.39 is 10.0 Å². The predicted molar refractivity (Wildman–Crippen MR) is 108 cm³/mol. The Labute approximate surface area is 164 Å². The van der Waals surface area contributed by atoms with E-state index in [9.17, 15) is 12.8 Å². The number of nitrogens with zero attached hydrogens (tertiary/aromatic N) is 2. The van der Waals surface area contributed by atoms with Gasteiger partial charge in [0, 0.05) is 19.3 Å². The van der Waals surface area contributed by atoms with Gasteiger partial charge in [0.15, 0.2) is 0 Å². The maximum absolute atomic E-state index is 13.0. The molecule has 4 nitrogen and oxygen atoms in total. The van der Waals surface area contributed by atoms with E-state index in [1.165, 1.54) is 22.0 Å². The molecule has 0 spiro atoms. The predicted octanol–water partition coefficient (Wildman–Crippen LogP) is 4.32. The summed E-state index contributed by atoms with van der Waals surface area (Å²) in [5.74, 6) is -0.299. The largest absolute Gasteiger partial charge is 0.256 e. The lowest BCUT2D eigenvalue weighted by Gasteiger charge is -2.28. The molecule has 0 radical (unpaired) electrons. The average Bonchev–Trinajstić information content (AvgIpc) is 2.73. The fourth-order valence-electron chi connectivity index (χ4n) is 3.23. The molecule has 0 saturated carbocycles. The molecular weight excluding hydrogens is 375 g/mol. The van der Waals surface area contributed by atoms with Crippen LogP contribution in [0, 0.1) is 5.82 Å². The maximum Gasteiger partial charge on any atom is 0.243 e.